The SMILES string of the molecule is Cn1cc(-c2cccc(-c3ncc(-c4cnn(C[C@@H]5CCCN5)c4)cn3)c2)cn1. The molecule has 146 valence electrons. The Hall–Kier alpha value is -3.32. The van der Waals surface area contributed by atoms with Gasteiger partial charge in [0, 0.05) is 60.1 Å². The molecule has 4 aromatic rings. The molecule has 0 saturated carbocycles. The van der Waals surface area contributed by atoms with Gasteiger partial charge in [-0.15, -0.1) is 0 Å². The molecule has 1 atom stereocenters. The normalized spacial score (nSPS) is 16.4. The zero-order valence-electron chi connectivity index (χ0n) is 16.4. The molecule has 0 amide bonds. The molecule has 4 heterocycles. The van der Waals surface area contributed by atoms with Crippen LogP contribution in [0.25, 0.3) is 33.6 Å². The van der Waals surface area contributed by atoms with Crippen molar-refractivity contribution < 1.29 is 0 Å². The molecule has 7 nitrogen and oxygen atoms in total. The highest BCUT2D eigenvalue weighted by Gasteiger charge is 2.15. The van der Waals surface area contributed by atoms with Crippen LogP contribution in [0.3, 0.4) is 0 Å². The van der Waals surface area contributed by atoms with Gasteiger partial charge in [-0.25, -0.2) is 9.97 Å². The summed E-state index contributed by atoms with van der Waals surface area (Å²) in [5.74, 6) is 0.710. The highest BCUT2D eigenvalue weighted by atomic mass is 15.3. The lowest BCUT2D eigenvalue weighted by molar-refractivity contribution is 0.476. The highest BCUT2D eigenvalue weighted by Crippen LogP contribution is 2.25. The molecule has 0 bridgehead atoms. The minimum atomic E-state index is 0.522. The van der Waals surface area contributed by atoms with Crippen molar-refractivity contribution in [2.24, 2.45) is 7.05 Å². The van der Waals surface area contributed by atoms with E-state index in [0.29, 0.717) is 11.9 Å². The van der Waals surface area contributed by atoms with Crippen molar-refractivity contribution in [3.63, 3.8) is 0 Å². The first-order chi connectivity index (χ1) is 14.2. The van der Waals surface area contributed by atoms with Gasteiger partial charge in [-0.3, -0.25) is 9.36 Å². The third kappa shape index (κ3) is 3.82. The molecule has 7 heteroatoms. The maximum Gasteiger partial charge on any atom is 0.159 e. The van der Waals surface area contributed by atoms with Crippen LogP contribution in [-0.2, 0) is 13.6 Å². The number of nitrogens with one attached hydrogen (secondary N) is 1. The Balaban J connectivity index is 1.35. The van der Waals surface area contributed by atoms with Crippen molar-refractivity contribution in [1.82, 2.24) is 34.8 Å². The van der Waals surface area contributed by atoms with Crippen molar-refractivity contribution in [3.8, 4) is 33.6 Å². The van der Waals surface area contributed by atoms with E-state index in [2.05, 4.69) is 43.8 Å². The van der Waals surface area contributed by atoms with Gasteiger partial charge in [0.15, 0.2) is 5.82 Å². The summed E-state index contributed by atoms with van der Waals surface area (Å²) in [6.45, 7) is 2.01. The smallest absolute Gasteiger partial charge is 0.159 e. The second-order valence-corrected chi connectivity index (χ2v) is 7.52. The van der Waals surface area contributed by atoms with E-state index in [4.69, 9.17) is 0 Å². The fraction of sp³-hybridized carbons (Fsp3) is 0.273. The molecule has 0 unspecified atom stereocenters. The lowest BCUT2D eigenvalue weighted by Crippen LogP contribution is -2.26. The molecule has 1 aliphatic rings. The van der Waals surface area contributed by atoms with Crippen LogP contribution in [-0.4, -0.2) is 42.1 Å². The van der Waals surface area contributed by atoms with E-state index >= 15 is 0 Å². The molecule has 1 saturated heterocycles. The van der Waals surface area contributed by atoms with Crippen molar-refractivity contribution in [2.75, 3.05) is 6.54 Å². The molecule has 1 N–H and O–H groups in total. The van der Waals surface area contributed by atoms with Crippen LogP contribution in [0.15, 0.2) is 61.4 Å². The topological polar surface area (TPSA) is 73.5 Å². The summed E-state index contributed by atoms with van der Waals surface area (Å²) >= 11 is 0. The fourth-order valence-electron chi connectivity index (χ4n) is 3.79. The molecule has 29 heavy (non-hydrogen) atoms. The molecular formula is C22H23N7. The standard InChI is InChI=1S/C22H23N7/c1-28-13-19(11-26-28)16-4-2-5-17(8-16)22-24-9-18(10-25-22)20-12-27-29(14-20)15-21-6-3-7-23-21/h2,4-5,8-14,21,23H,3,6-7,15H2,1H3/t21-/m0/s1. The van der Waals surface area contributed by atoms with Gasteiger partial charge in [0.05, 0.1) is 18.9 Å². The number of rotatable bonds is 5. The summed E-state index contributed by atoms with van der Waals surface area (Å²) in [6, 6.07) is 8.74. The molecule has 5 rings (SSSR count). The average Bonchev–Trinajstić information content (AvgIpc) is 3.51. The second kappa shape index (κ2) is 7.60. The molecule has 0 aliphatic carbocycles. The van der Waals surface area contributed by atoms with E-state index in [0.717, 1.165) is 40.9 Å². The summed E-state index contributed by atoms with van der Waals surface area (Å²) in [4.78, 5) is 9.19. The minimum absolute atomic E-state index is 0.522. The largest absolute Gasteiger partial charge is 0.312 e. The summed E-state index contributed by atoms with van der Waals surface area (Å²) < 4.78 is 3.81. The predicted molar refractivity (Wildman–Crippen MR) is 112 cm³/mol. The summed E-state index contributed by atoms with van der Waals surface area (Å²) in [6.07, 6.45) is 14.0. The first-order valence-electron chi connectivity index (χ1n) is 9.92. The van der Waals surface area contributed by atoms with Crippen LogP contribution >= 0.6 is 0 Å². The lowest BCUT2D eigenvalue weighted by Gasteiger charge is -2.09. The molecule has 0 spiro atoms. The van der Waals surface area contributed by atoms with Crippen LogP contribution in [0.4, 0.5) is 0 Å². The van der Waals surface area contributed by atoms with Crippen molar-refractivity contribution >= 4 is 0 Å². The van der Waals surface area contributed by atoms with Crippen molar-refractivity contribution in [1.29, 1.82) is 0 Å². The van der Waals surface area contributed by atoms with E-state index in [1.54, 1.807) is 4.68 Å². The minimum Gasteiger partial charge on any atom is -0.312 e. The van der Waals surface area contributed by atoms with Crippen LogP contribution < -0.4 is 5.32 Å². The van der Waals surface area contributed by atoms with E-state index in [1.807, 2.05) is 54.8 Å². The van der Waals surface area contributed by atoms with Gasteiger partial charge >= 0.3 is 0 Å². The second-order valence-electron chi connectivity index (χ2n) is 7.52. The van der Waals surface area contributed by atoms with E-state index in [-0.39, 0.29) is 0 Å². The fourth-order valence-corrected chi connectivity index (χ4v) is 3.79. The zero-order valence-corrected chi connectivity index (χ0v) is 16.4. The van der Waals surface area contributed by atoms with Gasteiger partial charge in [0.25, 0.3) is 0 Å². The van der Waals surface area contributed by atoms with Crippen LogP contribution in [0.5, 0.6) is 0 Å². The summed E-state index contributed by atoms with van der Waals surface area (Å²) in [5.41, 5.74) is 5.18. The Morgan fingerprint density at radius 1 is 0.931 bits per heavy atom. The molecule has 1 fully saturated rings. The molecular weight excluding hydrogens is 362 g/mol. The van der Waals surface area contributed by atoms with Gasteiger partial charge in [0.2, 0.25) is 0 Å². The number of hydrogen-bond donors (Lipinski definition) is 1. The Kier molecular flexibility index (Phi) is 4.65. The average molecular weight is 385 g/mol. The highest BCUT2D eigenvalue weighted by molar-refractivity contribution is 5.70. The van der Waals surface area contributed by atoms with E-state index in [1.165, 1.54) is 12.8 Å². The number of benzene rings is 1. The third-order valence-electron chi connectivity index (χ3n) is 5.35. The van der Waals surface area contributed by atoms with Crippen molar-refractivity contribution in [2.45, 2.75) is 25.4 Å². The first-order valence-corrected chi connectivity index (χ1v) is 9.92. The van der Waals surface area contributed by atoms with Crippen LogP contribution in [0.2, 0.25) is 0 Å². The van der Waals surface area contributed by atoms with Crippen LogP contribution in [0.1, 0.15) is 12.8 Å². The number of aromatic nitrogens is 6. The number of nitrogens with zero attached hydrogens (tertiary/aromatic N) is 6. The van der Waals surface area contributed by atoms with Gasteiger partial charge in [-0.1, -0.05) is 18.2 Å². The lowest BCUT2D eigenvalue weighted by atomic mass is 10.1. The molecule has 3 aromatic heterocycles. The molecule has 0 radical (unpaired) electrons. The summed E-state index contributed by atoms with van der Waals surface area (Å²) in [5, 5.41) is 12.3. The Bertz CT molecular complexity index is 1100. The zero-order chi connectivity index (χ0) is 19.6. The Morgan fingerprint density at radius 2 is 1.72 bits per heavy atom. The van der Waals surface area contributed by atoms with Gasteiger partial charge < -0.3 is 5.32 Å². The van der Waals surface area contributed by atoms with Gasteiger partial charge in [-0.05, 0) is 31.0 Å². The Labute approximate surface area is 169 Å². The molecule has 1 aliphatic heterocycles. The third-order valence-corrected chi connectivity index (χ3v) is 5.35. The van der Waals surface area contributed by atoms with Gasteiger partial charge in [-0.2, -0.15) is 10.2 Å². The molecule has 1 aromatic carbocycles. The van der Waals surface area contributed by atoms with E-state index < -0.39 is 0 Å². The quantitative estimate of drug-likeness (QED) is 0.571. The number of aryl methyl sites for hydroxylation is 1. The predicted octanol–water partition coefficient (Wildman–Crippen LogP) is 3.16. The maximum absolute atomic E-state index is 4.60. The van der Waals surface area contributed by atoms with Crippen molar-refractivity contribution in [3.05, 3.63) is 61.4 Å². The number of hydrogen-bond acceptors (Lipinski definition) is 5. The maximum atomic E-state index is 4.60. The first kappa shape index (κ1) is 17.8. The van der Waals surface area contributed by atoms with Gasteiger partial charge in [0.1, 0.15) is 0 Å². The summed E-state index contributed by atoms with van der Waals surface area (Å²) in [7, 11) is 1.92. The Morgan fingerprint density at radius 3 is 2.48 bits per heavy atom. The van der Waals surface area contributed by atoms with E-state index in [9.17, 15) is 0 Å². The monoisotopic (exact) mass is 385 g/mol. The van der Waals surface area contributed by atoms with Crippen LogP contribution in [0, 0.1) is 0 Å².